The third-order valence-corrected chi connectivity index (χ3v) is 5.28. The lowest BCUT2D eigenvalue weighted by molar-refractivity contribution is -0.134. The molecule has 7 nitrogen and oxygen atoms in total. The maximum Gasteiger partial charge on any atom is 0.328 e. The number of halogens is 1. The normalized spacial score (nSPS) is 23.5. The van der Waals surface area contributed by atoms with Crippen LogP contribution in [0.25, 0.3) is 0 Å². The molecular weight excluding hydrogens is 366 g/mol. The molecule has 1 atom stereocenters. The average Bonchev–Trinajstić information content (AvgIpc) is 2.60. The molecule has 0 radical (unpaired) electrons. The van der Waals surface area contributed by atoms with Gasteiger partial charge in [-0.05, 0) is 24.6 Å². The monoisotopic (exact) mass is 387 g/mol. The van der Waals surface area contributed by atoms with E-state index in [2.05, 4.69) is 21.6 Å². The Labute approximate surface area is 155 Å². The summed E-state index contributed by atoms with van der Waals surface area (Å²) in [6.07, 6.45) is 4.49. The fourth-order valence-electron chi connectivity index (χ4n) is 2.78. The van der Waals surface area contributed by atoms with Gasteiger partial charge in [-0.25, -0.2) is 9.59 Å². The molecule has 3 heterocycles. The number of aliphatic carboxylic acids is 2. The second-order valence-corrected chi connectivity index (χ2v) is 7.56. The van der Waals surface area contributed by atoms with Gasteiger partial charge in [-0.3, -0.25) is 0 Å². The standard InChI is InChI=1S/C12H18ClN3S.C4H4O4/c13-12-7-10(16-5-3-14-4-6-16)9-1-2-15-8-11(9)17-12;5-3(6)1-2-4(7)8/h7,12,14-15H,1-6,8H2;1-2H,(H,5,6)(H,7,8)/b;2-1-. The highest BCUT2D eigenvalue weighted by Crippen LogP contribution is 2.40. The van der Waals surface area contributed by atoms with Crippen LogP contribution in [0.15, 0.2) is 34.4 Å². The predicted molar refractivity (Wildman–Crippen MR) is 98.7 cm³/mol. The van der Waals surface area contributed by atoms with Crippen LogP contribution in [0, 0.1) is 0 Å². The second-order valence-electron chi connectivity index (χ2n) is 5.60. The highest BCUT2D eigenvalue weighted by Gasteiger charge is 2.27. The maximum atomic E-state index is 9.55. The number of thioether (sulfide) groups is 1. The first-order chi connectivity index (χ1) is 12.0. The molecule has 3 rings (SSSR count). The van der Waals surface area contributed by atoms with Crippen molar-refractivity contribution in [2.24, 2.45) is 0 Å². The highest BCUT2D eigenvalue weighted by atomic mass is 35.5. The van der Waals surface area contributed by atoms with Crippen molar-refractivity contribution < 1.29 is 19.8 Å². The molecule has 0 aromatic rings. The smallest absolute Gasteiger partial charge is 0.328 e. The fourth-order valence-corrected chi connectivity index (χ4v) is 4.23. The topological polar surface area (TPSA) is 102 Å². The van der Waals surface area contributed by atoms with Gasteiger partial charge >= 0.3 is 11.9 Å². The van der Waals surface area contributed by atoms with E-state index >= 15 is 0 Å². The van der Waals surface area contributed by atoms with E-state index in [1.54, 1.807) is 11.8 Å². The first kappa shape index (κ1) is 19.8. The second kappa shape index (κ2) is 9.86. The summed E-state index contributed by atoms with van der Waals surface area (Å²) in [5.41, 5.74) is 2.94. The average molecular weight is 388 g/mol. The van der Waals surface area contributed by atoms with Gasteiger partial charge in [0.25, 0.3) is 0 Å². The molecular formula is C16H22ClN3O4S. The summed E-state index contributed by atoms with van der Waals surface area (Å²) in [5, 5.41) is 22.5. The van der Waals surface area contributed by atoms with Gasteiger partial charge in [-0.15, -0.1) is 23.4 Å². The molecule has 1 saturated heterocycles. The molecule has 25 heavy (non-hydrogen) atoms. The van der Waals surface area contributed by atoms with E-state index in [4.69, 9.17) is 21.8 Å². The van der Waals surface area contributed by atoms with Gasteiger partial charge in [0.05, 0.1) is 0 Å². The molecule has 0 aliphatic carbocycles. The van der Waals surface area contributed by atoms with Crippen molar-refractivity contribution in [3.63, 3.8) is 0 Å². The summed E-state index contributed by atoms with van der Waals surface area (Å²) in [6.45, 7) is 6.45. The number of allylic oxidation sites excluding steroid dienone is 1. The Morgan fingerprint density at radius 3 is 2.40 bits per heavy atom. The number of nitrogens with one attached hydrogen (secondary N) is 2. The lowest BCUT2D eigenvalue weighted by Crippen LogP contribution is -2.44. The van der Waals surface area contributed by atoms with Gasteiger partial charge < -0.3 is 25.7 Å². The molecule has 0 saturated carbocycles. The first-order valence-corrected chi connectivity index (χ1v) is 9.34. The largest absolute Gasteiger partial charge is 0.478 e. The van der Waals surface area contributed by atoms with Gasteiger partial charge in [0.2, 0.25) is 0 Å². The zero-order chi connectivity index (χ0) is 18.2. The summed E-state index contributed by atoms with van der Waals surface area (Å²) in [5.74, 6) is -2.51. The number of carboxylic acids is 2. The summed E-state index contributed by atoms with van der Waals surface area (Å²) >= 11 is 8.13. The van der Waals surface area contributed by atoms with Crippen molar-refractivity contribution in [1.82, 2.24) is 15.5 Å². The van der Waals surface area contributed by atoms with E-state index in [1.165, 1.54) is 16.2 Å². The molecule has 0 bridgehead atoms. The van der Waals surface area contributed by atoms with Crippen molar-refractivity contribution in [2.45, 2.75) is 11.1 Å². The minimum Gasteiger partial charge on any atom is -0.478 e. The summed E-state index contributed by atoms with van der Waals surface area (Å²) in [7, 11) is 0. The predicted octanol–water partition coefficient (Wildman–Crippen LogP) is 1.05. The number of hydrogen-bond acceptors (Lipinski definition) is 6. The van der Waals surface area contributed by atoms with Gasteiger partial charge in [0.1, 0.15) is 4.71 Å². The van der Waals surface area contributed by atoms with Crippen molar-refractivity contribution in [2.75, 3.05) is 39.3 Å². The molecule has 0 amide bonds. The molecule has 0 aromatic carbocycles. The Morgan fingerprint density at radius 2 is 1.80 bits per heavy atom. The number of rotatable bonds is 3. The molecule has 0 aromatic heterocycles. The Kier molecular flexibility index (Phi) is 7.83. The lowest BCUT2D eigenvalue weighted by atomic mass is 10.0. The van der Waals surface area contributed by atoms with Crippen LogP contribution < -0.4 is 10.6 Å². The first-order valence-electron chi connectivity index (χ1n) is 8.02. The van der Waals surface area contributed by atoms with E-state index in [1.807, 2.05) is 0 Å². The van der Waals surface area contributed by atoms with E-state index in [9.17, 15) is 9.59 Å². The summed E-state index contributed by atoms with van der Waals surface area (Å²) in [4.78, 5) is 23.1. The highest BCUT2D eigenvalue weighted by molar-refractivity contribution is 8.05. The Balaban J connectivity index is 0.000000242. The quantitative estimate of drug-likeness (QED) is 0.421. The summed E-state index contributed by atoms with van der Waals surface area (Å²) in [6, 6.07) is 0. The molecule has 1 unspecified atom stereocenters. The molecule has 0 spiro atoms. The third-order valence-electron chi connectivity index (χ3n) is 3.85. The maximum absolute atomic E-state index is 9.55. The van der Waals surface area contributed by atoms with Gasteiger partial charge in [-0.1, -0.05) is 0 Å². The van der Waals surface area contributed by atoms with Crippen molar-refractivity contribution in [3.8, 4) is 0 Å². The van der Waals surface area contributed by atoms with Crippen LogP contribution in [-0.4, -0.2) is 71.0 Å². The van der Waals surface area contributed by atoms with Crippen LogP contribution in [-0.2, 0) is 9.59 Å². The molecule has 3 aliphatic heterocycles. The summed E-state index contributed by atoms with van der Waals surface area (Å²) < 4.78 is 0.0959. The van der Waals surface area contributed by atoms with Crippen molar-refractivity contribution in [3.05, 3.63) is 34.4 Å². The fraction of sp³-hybridized carbons (Fsp3) is 0.500. The Morgan fingerprint density at radius 1 is 1.16 bits per heavy atom. The van der Waals surface area contributed by atoms with Crippen molar-refractivity contribution >= 4 is 35.3 Å². The molecule has 3 aliphatic rings. The number of hydrogen-bond donors (Lipinski definition) is 4. The van der Waals surface area contributed by atoms with E-state index in [0.717, 1.165) is 45.7 Å². The molecule has 9 heteroatoms. The third kappa shape index (κ3) is 6.39. The number of alkyl halides is 1. The van der Waals surface area contributed by atoms with Gasteiger partial charge in [-0.2, -0.15) is 0 Å². The minimum atomic E-state index is -1.26. The Bertz CT molecular complexity index is 584. The number of nitrogens with zero attached hydrogens (tertiary/aromatic N) is 1. The number of carboxylic acid groups (broad SMARTS) is 2. The van der Waals surface area contributed by atoms with Crippen LogP contribution in [0.3, 0.4) is 0 Å². The van der Waals surface area contributed by atoms with E-state index in [0.29, 0.717) is 12.2 Å². The van der Waals surface area contributed by atoms with Crippen LogP contribution in [0.5, 0.6) is 0 Å². The van der Waals surface area contributed by atoms with Crippen LogP contribution in [0.4, 0.5) is 0 Å². The molecule has 138 valence electrons. The molecule has 4 N–H and O–H groups in total. The number of carbonyl (C=O) groups is 2. The zero-order valence-electron chi connectivity index (χ0n) is 13.7. The number of piperazine rings is 1. The van der Waals surface area contributed by atoms with Crippen LogP contribution in [0.1, 0.15) is 6.42 Å². The van der Waals surface area contributed by atoms with E-state index < -0.39 is 11.9 Å². The zero-order valence-corrected chi connectivity index (χ0v) is 15.3. The van der Waals surface area contributed by atoms with Gasteiger partial charge in [0, 0.05) is 55.5 Å². The van der Waals surface area contributed by atoms with Gasteiger partial charge in [0.15, 0.2) is 0 Å². The van der Waals surface area contributed by atoms with Crippen molar-refractivity contribution in [1.29, 1.82) is 0 Å². The van der Waals surface area contributed by atoms with E-state index in [-0.39, 0.29) is 4.71 Å². The lowest BCUT2D eigenvalue weighted by Gasteiger charge is -2.37. The Hall–Kier alpha value is -1.48. The molecule has 1 fully saturated rings. The van der Waals surface area contributed by atoms with Crippen LogP contribution >= 0.6 is 23.4 Å². The minimum absolute atomic E-state index is 0.0959. The van der Waals surface area contributed by atoms with Crippen LogP contribution in [0.2, 0.25) is 0 Å². The SMILES string of the molecule is ClC1C=C(N2CCNCC2)C2=C(CNCC2)S1.O=C(O)/C=C\C(=O)O.